The van der Waals surface area contributed by atoms with Crippen molar-refractivity contribution in [2.45, 2.75) is 51.7 Å². The molecule has 0 radical (unpaired) electrons. The van der Waals surface area contributed by atoms with E-state index in [0.717, 1.165) is 31.4 Å². The highest BCUT2D eigenvalue weighted by molar-refractivity contribution is 5.06. The third-order valence-corrected chi connectivity index (χ3v) is 5.01. The number of hydrogen-bond acceptors (Lipinski definition) is 5. The Labute approximate surface area is 120 Å². The Kier molecular flexibility index (Phi) is 3.54. The van der Waals surface area contributed by atoms with Gasteiger partial charge in [-0.1, -0.05) is 13.8 Å². The zero-order valence-electron chi connectivity index (χ0n) is 13.0. The van der Waals surface area contributed by atoms with Crippen molar-refractivity contribution in [3.05, 3.63) is 5.82 Å². The lowest BCUT2D eigenvalue weighted by Gasteiger charge is -2.49. The molecule has 1 aliphatic heterocycles. The summed E-state index contributed by atoms with van der Waals surface area (Å²) in [6.07, 6.45) is 2.71. The molecule has 112 valence electrons. The number of rotatable bonds is 4. The molecule has 1 aromatic rings. The predicted octanol–water partition coefficient (Wildman–Crippen LogP) is 0.809. The molecule has 1 saturated carbocycles. The summed E-state index contributed by atoms with van der Waals surface area (Å²) in [4.78, 5) is 4.13. The quantitative estimate of drug-likeness (QED) is 0.883. The van der Waals surface area contributed by atoms with Crippen molar-refractivity contribution < 1.29 is 0 Å². The Bertz CT molecular complexity index is 466. The summed E-state index contributed by atoms with van der Waals surface area (Å²) in [6, 6.07) is 0.554. The molecule has 3 rings (SSSR count). The second-order valence-corrected chi connectivity index (χ2v) is 6.94. The zero-order chi connectivity index (χ0) is 14.3. The Hall–Kier alpha value is -1.01. The van der Waals surface area contributed by atoms with Gasteiger partial charge in [0.05, 0.1) is 13.6 Å². The molecule has 1 N–H and O–H groups in total. The Morgan fingerprint density at radius 2 is 2.15 bits per heavy atom. The van der Waals surface area contributed by atoms with Crippen LogP contribution >= 0.6 is 0 Å². The van der Waals surface area contributed by atoms with Crippen LogP contribution in [0.3, 0.4) is 0 Å². The van der Waals surface area contributed by atoms with Gasteiger partial charge < -0.3 is 5.32 Å². The molecule has 2 aliphatic rings. The number of tetrazole rings is 1. The molecule has 20 heavy (non-hydrogen) atoms. The SMILES string of the molecule is CC(C)C1CN(Cc2nnn(C)n2)C(C)(C2CC2)CN1. The van der Waals surface area contributed by atoms with Crippen LogP contribution in [0.4, 0.5) is 0 Å². The first-order chi connectivity index (χ1) is 9.49. The summed E-state index contributed by atoms with van der Waals surface area (Å²) >= 11 is 0. The number of aryl methyl sites for hydroxylation is 1. The second-order valence-electron chi connectivity index (χ2n) is 6.94. The van der Waals surface area contributed by atoms with E-state index in [1.165, 1.54) is 12.8 Å². The average Bonchev–Trinajstić information content (AvgIpc) is 3.17. The van der Waals surface area contributed by atoms with Crippen LogP contribution in [0, 0.1) is 11.8 Å². The first-order valence-corrected chi connectivity index (χ1v) is 7.70. The molecule has 1 aromatic heterocycles. The van der Waals surface area contributed by atoms with Crippen molar-refractivity contribution in [1.82, 2.24) is 30.4 Å². The number of aromatic nitrogens is 4. The lowest BCUT2D eigenvalue weighted by Crippen LogP contribution is -2.65. The van der Waals surface area contributed by atoms with Crippen LogP contribution in [-0.4, -0.2) is 49.8 Å². The number of nitrogens with one attached hydrogen (secondary N) is 1. The fourth-order valence-electron chi connectivity index (χ4n) is 3.32. The van der Waals surface area contributed by atoms with Gasteiger partial charge in [-0.25, -0.2) is 0 Å². The molecule has 2 fully saturated rings. The lowest BCUT2D eigenvalue weighted by atomic mass is 9.87. The highest BCUT2D eigenvalue weighted by atomic mass is 15.6. The summed E-state index contributed by atoms with van der Waals surface area (Å²) in [6.45, 7) is 9.92. The van der Waals surface area contributed by atoms with Crippen LogP contribution in [0.25, 0.3) is 0 Å². The van der Waals surface area contributed by atoms with Crippen molar-refractivity contribution >= 4 is 0 Å². The highest BCUT2D eigenvalue weighted by Crippen LogP contribution is 2.44. The second kappa shape index (κ2) is 5.07. The monoisotopic (exact) mass is 278 g/mol. The molecule has 1 aliphatic carbocycles. The fraction of sp³-hybridized carbons (Fsp3) is 0.929. The van der Waals surface area contributed by atoms with Gasteiger partial charge in [0, 0.05) is 24.7 Å². The summed E-state index contributed by atoms with van der Waals surface area (Å²) in [5, 5.41) is 16.2. The number of piperazine rings is 1. The van der Waals surface area contributed by atoms with E-state index in [1.807, 2.05) is 7.05 Å². The molecule has 6 heteroatoms. The Morgan fingerprint density at radius 3 is 2.70 bits per heavy atom. The third-order valence-electron chi connectivity index (χ3n) is 5.01. The van der Waals surface area contributed by atoms with E-state index in [2.05, 4.69) is 46.4 Å². The van der Waals surface area contributed by atoms with Gasteiger partial charge in [0.25, 0.3) is 0 Å². The summed E-state index contributed by atoms with van der Waals surface area (Å²) in [7, 11) is 1.82. The molecule has 6 nitrogen and oxygen atoms in total. The number of nitrogens with zero attached hydrogens (tertiary/aromatic N) is 5. The molecular weight excluding hydrogens is 252 g/mol. The van der Waals surface area contributed by atoms with E-state index in [0.29, 0.717) is 12.0 Å². The van der Waals surface area contributed by atoms with E-state index in [4.69, 9.17) is 0 Å². The minimum atomic E-state index is 0.241. The molecule has 2 atom stereocenters. The molecule has 0 spiro atoms. The Balaban J connectivity index is 1.77. The highest BCUT2D eigenvalue weighted by Gasteiger charge is 2.48. The normalized spacial score (nSPS) is 31.9. The smallest absolute Gasteiger partial charge is 0.188 e. The first-order valence-electron chi connectivity index (χ1n) is 7.70. The van der Waals surface area contributed by atoms with Crippen LogP contribution < -0.4 is 5.32 Å². The van der Waals surface area contributed by atoms with Gasteiger partial charge in [0.2, 0.25) is 0 Å². The maximum Gasteiger partial charge on any atom is 0.188 e. The largest absolute Gasteiger partial charge is 0.311 e. The predicted molar refractivity (Wildman–Crippen MR) is 77.0 cm³/mol. The molecule has 1 saturated heterocycles. The third kappa shape index (κ3) is 2.59. The maximum atomic E-state index is 4.35. The molecule has 2 unspecified atom stereocenters. The van der Waals surface area contributed by atoms with Crippen molar-refractivity contribution in [1.29, 1.82) is 0 Å². The Morgan fingerprint density at radius 1 is 1.40 bits per heavy atom. The summed E-state index contributed by atoms with van der Waals surface area (Å²) in [5.74, 6) is 2.31. The zero-order valence-corrected chi connectivity index (χ0v) is 13.0. The van der Waals surface area contributed by atoms with Crippen LogP contribution in [0.15, 0.2) is 0 Å². The molecule has 2 heterocycles. The van der Waals surface area contributed by atoms with Gasteiger partial charge in [-0.3, -0.25) is 4.90 Å². The van der Waals surface area contributed by atoms with Gasteiger partial charge in [0.1, 0.15) is 0 Å². The van der Waals surface area contributed by atoms with Gasteiger partial charge >= 0.3 is 0 Å². The van der Waals surface area contributed by atoms with Crippen LogP contribution in [0.5, 0.6) is 0 Å². The van der Waals surface area contributed by atoms with E-state index in [-0.39, 0.29) is 5.54 Å². The van der Waals surface area contributed by atoms with Crippen LogP contribution in [-0.2, 0) is 13.6 Å². The van der Waals surface area contributed by atoms with Crippen molar-refractivity contribution in [3.63, 3.8) is 0 Å². The van der Waals surface area contributed by atoms with Crippen molar-refractivity contribution in [2.24, 2.45) is 18.9 Å². The molecule has 0 amide bonds. The van der Waals surface area contributed by atoms with Crippen molar-refractivity contribution in [3.8, 4) is 0 Å². The molecule has 0 bridgehead atoms. The first kappa shape index (κ1) is 13.9. The minimum absolute atomic E-state index is 0.241. The molecular formula is C14H26N6. The lowest BCUT2D eigenvalue weighted by molar-refractivity contribution is 0.0166. The average molecular weight is 278 g/mol. The van der Waals surface area contributed by atoms with Crippen molar-refractivity contribution in [2.75, 3.05) is 13.1 Å². The summed E-state index contributed by atoms with van der Waals surface area (Å²) < 4.78 is 0. The molecule has 0 aromatic carbocycles. The summed E-state index contributed by atoms with van der Waals surface area (Å²) in [5.41, 5.74) is 0.241. The number of hydrogen-bond donors (Lipinski definition) is 1. The van der Waals surface area contributed by atoms with E-state index in [1.54, 1.807) is 4.80 Å². The minimum Gasteiger partial charge on any atom is -0.311 e. The van der Waals surface area contributed by atoms with Crippen LogP contribution in [0.2, 0.25) is 0 Å². The van der Waals surface area contributed by atoms with E-state index in [9.17, 15) is 0 Å². The van der Waals surface area contributed by atoms with Gasteiger partial charge in [-0.2, -0.15) is 4.80 Å². The van der Waals surface area contributed by atoms with Gasteiger partial charge in [0.15, 0.2) is 5.82 Å². The fourth-order valence-corrected chi connectivity index (χ4v) is 3.32. The van der Waals surface area contributed by atoms with Gasteiger partial charge in [-0.15, -0.1) is 10.2 Å². The van der Waals surface area contributed by atoms with E-state index < -0.39 is 0 Å². The standard InChI is InChI=1S/C14H26N6/c1-10(2)12-7-20(8-13-16-18-19(4)17-13)14(3,9-15-12)11-5-6-11/h10-12,15H,5-9H2,1-4H3. The topological polar surface area (TPSA) is 58.9 Å². The van der Waals surface area contributed by atoms with Crippen LogP contribution in [0.1, 0.15) is 39.4 Å². The maximum absolute atomic E-state index is 4.35. The van der Waals surface area contributed by atoms with E-state index >= 15 is 0 Å². The van der Waals surface area contributed by atoms with Gasteiger partial charge in [-0.05, 0) is 36.8 Å².